The predicted molar refractivity (Wildman–Crippen MR) is 124 cm³/mol. The second-order valence-corrected chi connectivity index (χ2v) is 9.81. The number of imide groups is 1. The molecule has 2 aromatic rings. The van der Waals surface area contributed by atoms with Crippen molar-refractivity contribution in [2.75, 3.05) is 0 Å². The Morgan fingerprint density at radius 1 is 0.971 bits per heavy atom. The summed E-state index contributed by atoms with van der Waals surface area (Å²) in [5.41, 5.74) is 0.0765. The van der Waals surface area contributed by atoms with Crippen LogP contribution in [0.5, 0.6) is 0 Å². The lowest BCUT2D eigenvalue weighted by atomic mass is 9.81. The molecule has 3 amide bonds. The van der Waals surface area contributed by atoms with E-state index < -0.39 is 46.3 Å². The summed E-state index contributed by atoms with van der Waals surface area (Å²) < 4.78 is 0. The SMILES string of the molecule is C[C@H](C(=O)c1ccc(Cl)cc1)N(C(=O)c1ccc([N+](=O)[O-])cc1)N1C(=O)[C@@H]2[C@H]3CC[C@@H](C3)[C@H]2C1=O. The number of hydrogen-bond acceptors (Lipinski definition) is 6. The Labute approximate surface area is 205 Å². The van der Waals surface area contributed by atoms with E-state index in [9.17, 15) is 29.3 Å². The smallest absolute Gasteiger partial charge is 0.273 e. The van der Waals surface area contributed by atoms with Crippen molar-refractivity contribution in [3.05, 3.63) is 74.8 Å². The van der Waals surface area contributed by atoms with Crippen molar-refractivity contribution in [2.24, 2.45) is 23.7 Å². The van der Waals surface area contributed by atoms with E-state index in [0.717, 1.165) is 29.3 Å². The average molecular weight is 496 g/mol. The highest BCUT2D eigenvalue weighted by molar-refractivity contribution is 6.30. The van der Waals surface area contributed by atoms with Gasteiger partial charge in [-0.05, 0) is 74.4 Å². The van der Waals surface area contributed by atoms with Crippen LogP contribution in [0.2, 0.25) is 5.02 Å². The van der Waals surface area contributed by atoms with Gasteiger partial charge in [-0.2, -0.15) is 5.01 Å². The summed E-state index contributed by atoms with van der Waals surface area (Å²) in [6.07, 6.45) is 2.57. The molecule has 2 aromatic carbocycles. The van der Waals surface area contributed by atoms with Gasteiger partial charge in [-0.1, -0.05) is 11.6 Å². The van der Waals surface area contributed by atoms with Crippen LogP contribution in [0, 0.1) is 33.8 Å². The summed E-state index contributed by atoms with van der Waals surface area (Å²) >= 11 is 5.93. The van der Waals surface area contributed by atoms with Gasteiger partial charge >= 0.3 is 0 Å². The van der Waals surface area contributed by atoms with Crippen molar-refractivity contribution >= 4 is 40.8 Å². The number of hydrazine groups is 1. The van der Waals surface area contributed by atoms with E-state index in [1.54, 1.807) is 0 Å². The molecule has 3 aliphatic rings. The number of fused-ring (bicyclic) bond motifs is 5. The summed E-state index contributed by atoms with van der Waals surface area (Å²) in [5.74, 6) is -2.91. The number of halogens is 1. The number of amides is 3. The zero-order chi connectivity index (χ0) is 25.0. The Kier molecular flexibility index (Phi) is 5.67. The van der Waals surface area contributed by atoms with Gasteiger partial charge in [-0.15, -0.1) is 0 Å². The first-order chi connectivity index (χ1) is 16.7. The standard InChI is InChI=1S/C25H22ClN3O6/c1-13(22(30)14-4-8-18(26)9-5-14)27(23(31)15-6-10-19(11-7-15)29(34)35)28-24(32)20-16-2-3-17(12-16)21(20)25(28)33/h4-11,13,16-17,20-21H,2-3,12H2,1H3/t13-,16+,17+,20-,21-/m1/s1. The lowest BCUT2D eigenvalue weighted by Crippen LogP contribution is -2.56. The van der Waals surface area contributed by atoms with Crippen LogP contribution in [0.1, 0.15) is 46.9 Å². The molecule has 1 saturated heterocycles. The molecule has 2 aliphatic carbocycles. The van der Waals surface area contributed by atoms with Crippen molar-refractivity contribution < 1.29 is 24.1 Å². The topological polar surface area (TPSA) is 118 Å². The molecule has 2 bridgehead atoms. The maximum atomic E-state index is 13.7. The quantitative estimate of drug-likeness (QED) is 0.259. The monoisotopic (exact) mass is 495 g/mol. The predicted octanol–water partition coefficient (Wildman–Crippen LogP) is 3.91. The van der Waals surface area contributed by atoms with Crippen LogP contribution in [0.3, 0.4) is 0 Å². The van der Waals surface area contributed by atoms with Gasteiger partial charge in [0.1, 0.15) is 6.04 Å². The van der Waals surface area contributed by atoms with E-state index in [2.05, 4.69) is 0 Å². The summed E-state index contributed by atoms with van der Waals surface area (Å²) in [7, 11) is 0. The molecule has 2 saturated carbocycles. The molecular formula is C25H22ClN3O6. The number of nitrogens with zero attached hydrogens (tertiary/aromatic N) is 3. The zero-order valence-electron chi connectivity index (χ0n) is 18.8. The molecule has 5 rings (SSSR count). The van der Waals surface area contributed by atoms with E-state index in [-0.39, 0.29) is 28.7 Å². The molecular weight excluding hydrogens is 474 g/mol. The number of nitro groups is 1. The van der Waals surface area contributed by atoms with Gasteiger partial charge in [0.15, 0.2) is 5.78 Å². The maximum Gasteiger partial charge on any atom is 0.273 e. The first-order valence-electron chi connectivity index (χ1n) is 11.4. The van der Waals surface area contributed by atoms with Crippen LogP contribution >= 0.6 is 11.6 Å². The number of carbonyl (C=O) groups is 4. The van der Waals surface area contributed by atoms with Gasteiger partial charge in [0.2, 0.25) is 0 Å². The summed E-state index contributed by atoms with van der Waals surface area (Å²) in [6, 6.07) is 9.75. The number of nitro benzene ring substituents is 1. The largest absolute Gasteiger partial charge is 0.292 e. The second-order valence-electron chi connectivity index (χ2n) is 9.37. The maximum absolute atomic E-state index is 13.7. The number of rotatable bonds is 6. The van der Waals surface area contributed by atoms with Crippen LogP contribution in [0.15, 0.2) is 48.5 Å². The Morgan fingerprint density at radius 3 is 2.00 bits per heavy atom. The fourth-order valence-electron chi connectivity index (χ4n) is 5.87. The van der Waals surface area contributed by atoms with E-state index in [4.69, 9.17) is 11.6 Å². The van der Waals surface area contributed by atoms with E-state index >= 15 is 0 Å². The summed E-state index contributed by atoms with van der Waals surface area (Å²) in [6.45, 7) is 1.46. The molecule has 10 heteroatoms. The molecule has 180 valence electrons. The second kappa shape index (κ2) is 8.57. The molecule has 0 radical (unpaired) electrons. The lowest BCUT2D eigenvalue weighted by Gasteiger charge is -2.35. The van der Waals surface area contributed by atoms with E-state index in [0.29, 0.717) is 5.02 Å². The fourth-order valence-corrected chi connectivity index (χ4v) is 6.00. The third-order valence-corrected chi connectivity index (χ3v) is 7.78. The van der Waals surface area contributed by atoms with Crippen LogP contribution < -0.4 is 0 Å². The van der Waals surface area contributed by atoms with E-state index in [1.165, 1.54) is 55.5 Å². The number of Topliss-reactive ketones (excluding diaryl/α,β-unsaturated/α-hetero) is 1. The molecule has 9 nitrogen and oxygen atoms in total. The highest BCUT2D eigenvalue weighted by atomic mass is 35.5. The van der Waals surface area contributed by atoms with Crippen molar-refractivity contribution in [2.45, 2.75) is 32.2 Å². The number of benzene rings is 2. The molecule has 1 aliphatic heterocycles. The Balaban J connectivity index is 1.53. The van der Waals surface area contributed by atoms with Crippen molar-refractivity contribution in [1.82, 2.24) is 10.0 Å². The first-order valence-corrected chi connectivity index (χ1v) is 11.8. The molecule has 5 atom stereocenters. The van der Waals surface area contributed by atoms with Crippen molar-refractivity contribution in [1.29, 1.82) is 0 Å². The van der Waals surface area contributed by atoms with Crippen LogP contribution in [-0.4, -0.2) is 44.5 Å². The average Bonchev–Trinajstić information content (AvgIpc) is 3.54. The lowest BCUT2D eigenvalue weighted by molar-refractivity contribution is -0.384. The Hall–Kier alpha value is -3.59. The fraction of sp³-hybridized carbons (Fsp3) is 0.360. The normalized spacial score (nSPS) is 25.5. The molecule has 35 heavy (non-hydrogen) atoms. The number of non-ortho nitro benzene ring substituents is 1. The van der Waals surface area contributed by atoms with Gasteiger partial charge in [-0.3, -0.25) is 29.3 Å². The molecule has 0 aromatic heterocycles. The van der Waals surface area contributed by atoms with E-state index in [1.807, 2.05) is 0 Å². The number of carbonyl (C=O) groups excluding carboxylic acids is 4. The van der Waals surface area contributed by atoms with Gasteiger partial charge in [0, 0.05) is 28.3 Å². The molecule has 3 fully saturated rings. The molecule has 0 N–H and O–H groups in total. The molecule has 0 unspecified atom stereocenters. The molecule has 1 heterocycles. The van der Waals surface area contributed by atoms with Gasteiger partial charge in [0.25, 0.3) is 23.4 Å². The number of hydrogen-bond donors (Lipinski definition) is 0. The summed E-state index contributed by atoms with van der Waals surface area (Å²) in [5, 5.41) is 13.3. The Bertz CT molecular complexity index is 1220. The van der Waals surface area contributed by atoms with Crippen LogP contribution in [-0.2, 0) is 9.59 Å². The van der Waals surface area contributed by atoms with Crippen molar-refractivity contribution in [3.8, 4) is 0 Å². The zero-order valence-corrected chi connectivity index (χ0v) is 19.6. The first kappa shape index (κ1) is 23.2. The van der Waals surface area contributed by atoms with Gasteiger partial charge in [-0.25, -0.2) is 5.01 Å². The van der Waals surface area contributed by atoms with Gasteiger partial charge < -0.3 is 0 Å². The highest BCUT2D eigenvalue weighted by Gasteiger charge is 2.63. The van der Waals surface area contributed by atoms with Crippen LogP contribution in [0.25, 0.3) is 0 Å². The summed E-state index contributed by atoms with van der Waals surface area (Å²) in [4.78, 5) is 64.5. The number of ketones is 1. The van der Waals surface area contributed by atoms with Crippen molar-refractivity contribution in [3.63, 3.8) is 0 Å². The Morgan fingerprint density at radius 2 is 1.49 bits per heavy atom. The molecule has 0 spiro atoms. The minimum atomic E-state index is -1.19. The van der Waals surface area contributed by atoms with Gasteiger partial charge in [0.05, 0.1) is 16.8 Å². The highest BCUT2D eigenvalue weighted by Crippen LogP contribution is 2.56. The third-order valence-electron chi connectivity index (χ3n) is 7.53. The third kappa shape index (κ3) is 3.70. The minimum absolute atomic E-state index is 0.0204. The minimum Gasteiger partial charge on any atom is -0.292 e. The van der Waals surface area contributed by atoms with Crippen LogP contribution in [0.4, 0.5) is 5.69 Å².